The quantitative estimate of drug-likeness (QED) is 0.362. The van der Waals surface area contributed by atoms with Gasteiger partial charge < -0.3 is 14.5 Å². The molecule has 0 fully saturated rings. The second kappa shape index (κ2) is 7.79. The van der Waals surface area contributed by atoms with Crippen LogP contribution < -0.4 is 10.1 Å². The van der Waals surface area contributed by atoms with E-state index in [4.69, 9.17) is 9.15 Å². The summed E-state index contributed by atoms with van der Waals surface area (Å²) >= 11 is 0. The van der Waals surface area contributed by atoms with Crippen molar-refractivity contribution in [3.05, 3.63) is 83.9 Å². The lowest BCUT2D eigenvalue weighted by Crippen LogP contribution is -2.10. The molecule has 150 valence electrons. The number of hydrogen-bond acceptors (Lipinski definition) is 4. The minimum Gasteiger partial charge on any atom is -0.495 e. The van der Waals surface area contributed by atoms with Gasteiger partial charge in [-0.15, -0.1) is 0 Å². The van der Waals surface area contributed by atoms with Gasteiger partial charge in [0.15, 0.2) is 17.4 Å². The Morgan fingerprint density at radius 2 is 1.73 bits per heavy atom. The van der Waals surface area contributed by atoms with Gasteiger partial charge in [-0.2, -0.15) is 0 Å². The van der Waals surface area contributed by atoms with Crippen LogP contribution in [0.15, 0.2) is 71.2 Å². The second-order valence-corrected chi connectivity index (χ2v) is 6.46. The molecule has 0 radical (unpaired) electrons. The van der Waals surface area contributed by atoms with Gasteiger partial charge in [-0.05, 0) is 36.4 Å². The molecule has 4 rings (SSSR count). The number of carbonyl (C=O) groups excluding carboxylic acids is 2. The average Bonchev–Trinajstić information content (AvgIpc) is 3.10. The Balaban J connectivity index is 1.57. The number of halogens is 2. The number of nitrogens with one attached hydrogen (secondary N) is 1. The molecule has 1 aromatic heterocycles. The molecule has 30 heavy (non-hydrogen) atoms. The van der Waals surface area contributed by atoms with E-state index in [1.54, 1.807) is 12.1 Å². The van der Waals surface area contributed by atoms with E-state index in [0.29, 0.717) is 22.6 Å². The molecule has 0 spiro atoms. The van der Waals surface area contributed by atoms with E-state index >= 15 is 0 Å². The van der Waals surface area contributed by atoms with Crippen molar-refractivity contribution in [3.63, 3.8) is 0 Å². The minimum absolute atomic E-state index is 0.0702. The molecule has 0 atom stereocenters. The van der Waals surface area contributed by atoms with E-state index in [1.807, 2.05) is 24.3 Å². The molecular formula is C23H15F2NO4. The summed E-state index contributed by atoms with van der Waals surface area (Å²) in [5, 5.41) is 4.38. The Kier molecular flexibility index (Phi) is 5.02. The zero-order valence-corrected chi connectivity index (χ0v) is 15.7. The van der Waals surface area contributed by atoms with Gasteiger partial charge in [-0.3, -0.25) is 9.59 Å². The number of anilines is 1. The second-order valence-electron chi connectivity index (χ2n) is 6.46. The lowest BCUT2D eigenvalue weighted by atomic mass is 10.1. The summed E-state index contributed by atoms with van der Waals surface area (Å²) < 4.78 is 37.4. The highest BCUT2D eigenvalue weighted by Crippen LogP contribution is 2.36. The van der Waals surface area contributed by atoms with Crippen molar-refractivity contribution in [2.45, 2.75) is 0 Å². The van der Waals surface area contributed by atoms with E-state index in [2.05, 4.69) is 5.32 Å². The van der Waals surface area contributed by atoms with Crippen molar-refractivity contribution in [3.8, 4) is 5.75 Å². The topological polar surface area (TPSA) is 68.5 Å². The highest BCUT2D eigenvalue weighted by atomic mass is 19.2. The summed E-state index contributed by atoms with van der Waals surface area (Å²) in [5.41, 5.74) is 1.56. The highest BCUT2D eigenvalue weighted by molar-refractivity contribution is 6.11. The third-order valence-electron chi connectivity index (χ3n) is 4.55. The predicted molar refractivity (Wildman–Crippen MR) is 109 cm³/mol. The van der Waals surface area contributed by atoms with E-state index in [9.17, 15) is 18.4 Å². The molecule has 1 amide bonds. The fourth-order valence-electron chi connectivity index (χ4n) is 3.09. The molecule has 0 saturated carbocycles. The molecule has 0 saturated heterocycles. The van der Waals surface area contributed by atoms with Crippen molar-refractivity contribution < 1.29 is 27.5 Å². The Morgan fingerprint density at radius 1 is 0.933 bits per heavy atom. The van der Waals surface area contributed by atoms with Crippen LogP contribution in [0.3, 0.4) is 0 Å². The van der Waals surface area contributed by atoms with Crippen LogP contribution in [-0.2, 0) is 4.79 Å². The van der Waals surface area contributed by atoms with Crippen LogP contribution >= 0.6 is 0 Å². The number of furan rings is 1. The van der Waals surface area contributed by atoms with Crippen molar-refractivity contribution >= 4 is 39.3 Å². The first kappa shape index (κ1) is 19.3. The zero-order chi connectivity index (χ0) is 21.3. The number of ether oxygens (including phenoxy) is 1. The SMILES string of the molecule is COc1cc2c(cc1NC(=O)/C=C/C(=O)c1ccc(F)c(F)c1)oc1ccccc12. The van der Waals surface area contributed by atoms with E-state index in [1.165, 1.54) is 7.11 Å². The molecule has 7 heteroatoms. The normalized spacial score (nSPS) is 11.3. The summed E-state index contributed by atoms with van der Waals surface area (Å²) in [7, 11) is 1.47. The van der Waals surface area contributed by atoms with Gasteiger partial charge in [0.05, 0.1) is 12.8 Å². The fourth-order valence-corrected chi connectivity index (χ4v) is 3.09. The summed E-state index contributed by atoms with van der Waals surface area (Å²) in [4.78, 5) is 24.3. The number of rotatable bonds is 5. The van der Waals surface area contributed by atoms with Crippen molar-refractivity contribution in [1.29, 1.82) is 0 Å². The van der Waals surface area contributed by atoms with Crippen LogP contribution in [0.1, 0.15) is 10.4 Å². The van der Waals surface area contributed by atoms with Crippen LogP contribution in [0.25, 0.3) is 21.9 Å². The summed E-state index contributed by atoms with van der Waals surface area (Å²) in [6.07, 6.45) is 1.99. The molecule has 1 heterocycles. The number of ketones is 1. The number of para-hydroxylation sites is 1. The highest BCUT2D eigenvalue weighted by Gasteiger charge is 2.14. The van der Waals surface area contributed by atoms with Gasteiger partial charge in [0, 0.05) is 28.5 Å². The van der Waals surface area contributed by atoms with Crippen LogP contribution in [0.2, 0.25) is 0 Å². The number of methoxy groups -OCH3 is 1. The van der Waals surface area contributed by atoms with E-state index in [0.717, 1.165) is 41.1 Å². The first-order valence-electron chi connectivity index (χ1n) is 8.94. The standard InChI is InChI=1S/C23H15F2NO4/c1-29-22-11-15-14-4-2-3-5-20(14)30-21(15)12-18(22)26-23(28)9-8-19(27)13-6-7-16(24)17(25)10-13/h2-12H,1H3,(H,26,28)/b9-8+. The largest absolute Gasteiger partial charge is 0.495 e. The number of carbonyl (C=O) groups is 2. The van der Waals surface area contributed by atoms with Gasteiger partial charge in [0.25, 0.3) is 0 Å². The molecule has 1 N–H and O–H groups in total. The minimum atomic E-state index is -1.14. The monoisotopic (exact) mass is 407 g/mol. The number of amides is 1. The maximum absolute atomic E-state index is 13.3. The number of fused-ring (bicyclic) bond motifs is 3. The van der Waals surface area contributed by atoms with Crippen molar-refractivity contribution in [2.75, 3.05) is 12.4 Å². The summed E-state index contributed by atoms with van der Waals surface area (Å²) in [5.74, 6) is -3.00. The van der Waals surface area contributed by atoms with Gasteiger partial charge in [0.1, 0.15) is 16.9 Å². The lowest BCUT2D eigenvalue weighted by molar-refractivity contribution is -0.111. The Morgan fingerprint density at radius 3 is 2.50 bits per heavy atom. The number of benzene rings is 3. The molecule has 0 aliphatic carbocycles. The average molecular weight is 407 g/mol. The van der Waals surface area contributed by atoms with Crippen molar-refractivity contribution in [2.24, 2.45) is 0 Å². The van der Waals surface area contributed by atoms with Crippen LogP contribution in [0, 0.1) is 11.6 Å². The maximum atomic E-state index is 13.3. The third-order valence-corrected chi connectivity index (χ3v) is 4.55. The Hall–Kier alpha value is -4.00. The first-order chi connectivity index (χ1) is 14.5. The van der Waals surface area contributed by atoms with E-state index < -0.39 is 23.3 Å². The molecule has 5 nitrogen and oxygen atoms in total. The molecule has 4 aromatic rings. The Labute approximate surface area is 169 Å². The maximum Gasteiger partial charge on any atom is 0.248 e. The fraction of sp³-hybridized carbons (Fsp3) is 0.0435. The molecule has 0 aliphatic heterocycles. The van der Waals surface area contributed by atoms with Crippen LogP contribution in [-0.4, -0.2) is 18.8 Å². The summed E-state index contributed by atoms with van der Waals surface area (Å²) in [6.45, 7) is 0. The van der Waals surface area contributed by atoms with Gasteiger partial charge >= 0.3 is 0 Å². The lowest BCUT2D eigenvalue weighted by Gasteiger charge is -2.09. The number of allylic oxidation sites excluding steroid dienone is 1. The van der Waals surface area contributed by atoms with Crippen molar-refractivity contribution in [1.82, 2.24) is 0 Å². The van der Waals surface area contributed by atoms with Gasteiger partial charge in [0.2, 0.25) is 5.91 Å². The van der Waals surface area contributed by atoms with Gasteiger partial charge in [-0.1, -0.05) is 18.2 Å². The first-order valence-corrected chi connectivity index (χ1v) is 8.94. The molecule has 0 unspecified atom stereocenters. The zero-order valence-electron chi connectivity index (χ0n) is 15.7. The van der Waals surface area contributed by atoms with Gasteiger partial charge in [-0.25, -0.2) is 8.78 Å². The Bertz CT molecular complexity index is 1320. The summed E-state index contributed by atoms with van der Waals surface area (Å²) in [6, 6.07) is 13.7. The van der Waals surface area contributed by atoms with E-state index in [-0.39, 0.29) is 5.56 Å². The van der Waals surface area contributed by atoms with Crippen LogP contribution in [0.5, 0.6) is 5.75 Å². The molecule has 3 aromatic carbocycles. The predicted octanol–water partition coefficient (Wildman–Crippen LogP) is 5.25. The molecular weight excluding hydrogens is 392 g/mol. The third kappa shape index (κ3) is 3.65. The smallest absolute Gasteiger partial charge is 0.248 e. The molecule has 0 bridgehead atoms. The number of hydrogen-bond donors (Lipinski definition) is 1. The molecule has 0 aliphatic rings. The van der Waals surface area contributed by atoms with Crippen LogP contribution in [0.4, 0.5) is 14.5 Å².